The molecule has 1 atom stereocenters. The molecule has 0 unspecified atom stereocenters. The van der Waals surface area contributed by atoms with Gasteiger partial charge in [-0.15, -0.1) is 0 Å². The van der Waals surface area contributed by atoms with Gasteiger partial charge < -0.3 is 14.8 Å². The van der Waals surface area contributed by atoms with E-state index in [0.29, 0.717) is 35.3 Å². The van der Waals surface area contributed by atoms with Crippen LogP contribution in [0.4, 0.5) is 0 Å². The number of fused-ring (bicyclic) bond motifs is 1. The van der Waals surface area contributed by atoms with Gasteiger partial charge in [0.1, 0.15) is 17.9 Å². The second kappa shape index (κ2) is 5.64. The summed E-state index contributed by atoms with van der Waals surface area (Å²) in [7, 11) is 0. The molecule has 0 amide bonds. The number of hydrogen-bond acceptors (Lipinski definition) is 6. The number of nitrogens with zero attached hydrogens (tertiary/aromatic N) is 3. The maximum Gasteiger partial charge on any atom is 0.243 e. The molecule has 100 valence electrons. The summed E-state index contributed by atoms with van der Waals surface area (Å²) in [5.74, 6) is 0.393. The largest absolute Gasteiger partial charge is 0.473 e. The van der Waals surface area contributed by atoms with Crippen molar-refractivity contribution in [2.24, 2.45) is 0 Å². The number of ether oxygens (including phenoxy) is 2. The van der Waals surface area contributed by atoms with Crippen LogP contribution >= 0.6 is 11.6 Å². The van der Waals surface area contributed by atoms with Gasteiger partial charge in [0.05, 0.1) is 12.1 Å². The molecule has 0 bridgehead atoms. The highest BCUT2D eigenvalue weighted by Gasteiger charge is 2.16. The first kappa shape index (κ1) is 12.5. The molecule has 0 radical (unpaired) electrons. The summed E-state index contributed by atoms with van der Waals surface area (Å²) < 4.78 is 11.2. The molecule has 1 N–H and O–H groups in total. The molecule has 1 aliphatic rings. The lowest BCUT2D eigenvalue weighted by Crippen LogP contribution is -2.41. The number of halogens is 1. The average molecular weight is 281 g/mol. The Morgan fingerprint density at radius 2 is 2.32 bits per heavy atom. The van der Waals surface area contributed by atoms with Gasteiger partial charge in [0, 0.05) is 31.5 Å². The topological polar surface area (TPSA) is 69.2 Å². The van der Waals surface area contributed by atoms with Crippen LogP contribution in [0.5, 0.6) is 5.88 Å². The molecule has 0 saturated carbocycles. The van der Waals surface area contributed by atoms with Crippen LogP contribution in [0.2, 0.25) is 5.15 Å². The number of pyridine rings is 1. The van der Waals surface area contributed by atoms with Gasteiger partial charge in [-0.3, -0.25) is 4.98 Å². The average Bonchev–Trinajstić information content (AvgIpc) is 2.45. The molecule has 6 nitrogen and oxygen atoms in total. The number of morpholine rings is 1. The standard InChI is InChI=1S/C12H13ClN4O2/c13-10-5-9-11(16-2-1-15-9)12(17-10)19-7-8-6-14-3-4-18-8/h1-2,5,8,14H,3-4,6-7H2/t8-/m0/s1. The maximum atomic E-state index is 5.94. The Kier molecular flexibility index (Phi) is 3.72. The number of aromatic nitrogens is 3. The highest BCUT2D eigenvalue weighted by Crippen LogP contribution is 2.23. The first-order chi connectivity index (χ1) is 9.33. The van der Waals surface area contributed by atoms with E-state index < -0.39 is 0 Å². The van der Waals surface area contributed by atoms with Gasteiger partial charge in [0.2, 0.25) is 5.88 Å². The van der Waals surface area contributed by atoms with Crippen molar-refractivity contribution in [2.45, 2.75) is 6.10 Å². The zero-order valence-electron chi connectivity index (χ0n) is 10.2. The van der Waals surface area contributed by atoms with Crippen molar-refractivity contribution in [3.05, 3.63) is 23.6 Å². The van der Waals surface area contributed by atoms with Crippen LogP contribution in [0.3, 0.4) is 0 Å². The Labute approximate surface area is 115 Å². The number of hydrogen-bond donors (Lipinski definition) is 1. The summed E-state index contributed by atoms with van der Waals surface area (Å²) >= 11 is 5.94. The molecular formula is C12H13ClN4O2. The molecule has 2 aromatic rings. The van der Waals surface area contributed by atoms with E-state index in [4.69, 9.17) is 21.1 Å². The minimum Gasteiger partial charge on any atom is -0.473 e. The Morgan fingerprint density at radius 3 is 3.16 bits per heavy atom. The van der Waals surface area contributed by atoms with E-state index in [1.165, 1.54) is 0 Å². The molecule has 1 fully saturated rings. The predicted molar refractivity (Wildman–Crippen MR) is 70.4 cm³/mol. The molecule has 1 saturated heterocycles. The third-order valence-corrected chi connectivity index (χ3v) is 3.00. The summed E-state index contributed by atoms with van der Waals surface area (Å²) in [5.41, 5.74) is 1.27. The first-order valence-electron chi connectivity index (χ1n) is 6.05. The van der Waals surface area contributed by atoms with Crippen LogP contribution in [0.15, 0.2) is 18.5 Å². The van der Waals surface area contributed by atoms with Crippen molar-refractivity contribution in [3.8, 4) is 5.88 Å². The smallest absolute Gasteiger partial charge is 0.243 e. The third-order valence-electron chi connectivity index (χ3n) is 2.80. The second-order valence-electron chi connectivity index (χ2n) is 4.18. The van der Waals surface area contributed by atoms with E-state index in [2.05, 4.69) is 20.3 Å². The molecule has 19 heavy (non-hydrogen) atoms. The van der Waals surface area contributed by atoms with E-state index in [1.807, 2.05) is 0 Å². The van der Waals surface area contributed by atoms with Crippen molar-refractivity contribution in [1.82, 2.24) is 20.3 Å². The quantitative estimate of drug-likeness (QED) is 0.848. The summed E-state index contributed by atoms with van der Waals surface area (Å²) in [6, 6.07) is 1.66. The maximum absolute atomic E-state index is 5.94. The first-order valence-corrected chi connectivity index (χ1v) is 6.43. The van der Waals surface area contributed by atoms with Crippen molar-refractivity contribution >= 4 is 22.6 Å². The van der Waals surface area contributed by atoms with Crippen LogP contribution < -0.4 is 10.1 Å². The lowest BCUT2D eigenvalue weighted by molar-refractivity contribution is -0.000425. The minimum absolute atomic E-state index is 0.0150. The zero-order chi connectivity index (χ0) is 13.1. The van der Waals surface area contributed by atoms with Gasteiger partial charge in [-0.1, -0.05) is 11.6 Å². The summed E-state index contributed by atoms with van der Waals surface area (Å²) in [5, 5.41) is 3.58. The number of rotatable bonds is 3. The van der Waals surface area contributed by atoms with Crippen molar-refractivity contribution in [1.29, 1.82) is 0 Å². The molecule has 3 heterocycles. The Bertz CT molecular complexity index is 575. The van der Waals surface area contributed by atoms with Gasteiger partial charge in [0.15, 0.2) is 5.52 Å². The minimum atomic E-state index is 0.0150. The van der Waals surface area contributed by atoms with E-state index >= 15 is 0 Å². The summed E-state index contributed by atoms with van der Waals surface area (Å²) in [6.45, 7) is 2.74. The lowest BCUT2D eigenvalue weighted by atomic mass is 10.3. The highest BCUT2D eigenvalue weighted by molar-refractivity contribution is 6.30. The van der Waals surface area contributed by atoms with Gasteiger partial charge >= 0.3 is 0 Å². The monoisotopic (exact) mass is 280 g/mol. The van der Waals surface area contributed by atoms with E-state index in [0.717, 1.165) is 13.1 Å². The highest BCUT2D eigenvalue weighted by atomic mass is 35.5. The molecule has 7 heteroatoms. The van der Waals surface area contributed by atoms with Crippen LogP contribution in [0.25, 0.3) is 11.0 Å². The van der Waals surface area contributed by atoms with Crippen LogP contribution in [0.1, 0.15) is 0 Å². The van der Waals surface area contributed by atoms with Gasteiger partial charge in [-0.2, -0.15) is 4.98 Å². The van der Waals surface area contributed by atoms with Crippen LogP contribution in [0, 0.1) is 0 Å². The van der Waals surface area contributed by atoms with Crippen LogP contribution in [-0.4, -0.2) is 47.4 Å². The fourth-order valence-electron chi connectivity index (χ4n) is 1.91. The van der Waals surface area contributed by atoms with Gasteiger partial charge in [0.25, 0.3) is 0 Å². The van der Waals surface area contributed by atoms with E-state index in [1.54, 1.807) is 18.5 Å². The van der Waals surface area contributed by atoms with Crippen molar-refractivity contribution < 1.29 is 9.47 Å². The second-order valence-corrected chi connectivity index (χ2v) is 4.57. The molecule has 2 aromatic heterocycles. The van der Waals surface area contributed by atoms with Gasteiger partial charge in [-0.05, 0) is 0 Å². The third kappa shape index (κ3) is 2.91. The summed E-state index contributed by atoms with van der Waals surface area (Å²) in [6.07, 6.45) is 3.22. The Balaban J connectivity index is 1.79. The van der Waals surface area contributed by atoms with E-state index in [-0.39, 0.29) is 6.10 Å². The molecule has 0 aliphatic carbocycles. The Hall–Kier alpha value is -1.50. The number of nitrogens with one attached hydrogen (secondary N) is 1. The molecular weight excluding hydrogens is 268 g/mol. The normalized spacial score (nSPS) is 19.5. The zero-order valence-corrected chi connectivity index (χ0v) is 10.9. The SMILES string of the molecule is Clc1cc2nccnc2c(OC[C@@H]2CNCCO2)n1. The molecule has 0 aromatic carbocycles. The van der Waals surface area contributed by atoms with Gasteiger partial charge in [-0.25, -0.2) is 4.98 Å². The van der Waals surface area contributed by atoms with Crippen molar-refractivity contribution in [2.75, 3.05) is 26.3 Å². The Morgan fingerprint density at radius 1 is 1.42 bits per heavy atom. The van der Waals surface area contributed by atoms with Crippen LogP contribution in [-0.2, 0) is 4.74 Å². The molecule has 3 rings (SSSR count). The van der Waals surface area contributed by atoms with E-state index in [9.17, 15) is 0 Å². The lowest BCUT2D eigenvalue weighted by Gasteiger charge is -2.23. The fraction of sp³-hybridized carbons (Fsp3) is 0.417. The summed E-state index contributed by atoms with van der Waals surface area (Å²) in [4.78, 5) is 12.6. The fourth-order valence-corrected chi connectivity index (χ4v) is 2.09. The molecule has 1 aliphatic heterocycles. The molecule has 0 spiro atoms. The predicted octanol–water partition coefficient (Wildman–Crippen LogP) is 1.05. The van der Waals surface area contributed by atoms with Crippen molar-refractivity contribution in [3.63, 3.8) is 0 Å².